The van der Waals surface area contributed by atoms with E-state index in [9.17, 15) is 4.79 Å². The lowest BCUT2D eigenvalue weighted by atomic mass is 10.1. The maximum absolute atomic E-state index is 11.2. The number of aromatic hydroxyl groups is 1. The minimum absolute atomic E-state index is 0.0715. The Balaban J connectivity index is 2.56. The first-order valence-electron chi connectivity index (χ1n) is 5.33. The third-order valence-electron chi connectivity index (χ3n) is 2.33. The summed E-state index contributed by atoms with van der Waals surface area (Å²) in [5.41, 5.74) is 0.966. The van der Waals surface area contributed by atoms with Crippen molar-refractivity contribution in [3.63, 3.8) is 0 Å². The monoisotopic (exact) mass is 223 g/mol. The van der Waals surface area contributed by atoms with E-state index in [-0.39, 0.29) is 24.3 Å². The Morgan fingerprint density at radius 3 is 2.50 bits per heavy atom. The number of amides is 1. The number of phenolic OH excluding ortho intramolecular Hbond substituents is 1. The summed E-state index contributed by atoms with van der Waals surface area (Å²) in [7, 11) is 0. The van der Waals surface area contributed by atoms with Gasteiger partial charge in [-0.1, -0.05) is 19.1 Å². The van der Waals surface area contributed by atoms with E-state index in [0.29, 0.717) is 12.8 Å². The number of nitrogens with one attached hydrogen (secondary N) is 1. The van der Waals surface area contributed by atoms with Crippen molar-refractivity contribution in [2.24, 2.45) is 0 Å². The normalized spacial score (nSPS) is 12.1. The number of carbonyl (C=O) groups excluding carboxylic acids is 1. The molecule has 0 spiro atoms. The molecule has 3 N–H and O–H groups in total. The number of rotatable bonds is 5. The van der Waals surface area contributed by atoms with Crippen LogP contribution in [0.15, 0.2) is 24.3 Å². The lowest BCUT2D eigenvalue weighted by Crippen LogP contribution is -2.38. The van der Waals surface area contributed by atoms with Crippen LogP contribution in [0.1, 0.15) is 18.9 Å². The van der Waals surface area contributed by atoms with E-state index < -0.39 is 0 Å². The van der Waals surface area contributed by atoms with Crippen LogP contribution in [0.3, 0.4) is 0 Å². The molecule has 0 radical (unpaired) electrons. The van der Waals surface area contributed by atoms with Gasteiger partial charge in [0.2, 0.25) is 5.91 Å². The van der Waals surface area contributed by atoms with Gasteiger partial charge in [0.05, 0.1) is 12.6 Å². The largest absolute Gasteiger partial charge is 0.508 e. The summed E-state index contributed by atoms with van der Waals surface area (Å²) in [6.07, 6.45) is 0.967. The van der Waals surface area contributed by atoms with Gasteiger partial charge in [-0.05, 0) is 24.1 Å². The van der Waals surface area contributed by atoms with Crippen LogP contribution in [0.25, 0.3) is 0 Å². The molecule has 16 heavy (non-hydrogen) atoms. The maximum Gasteiger partial charge on any atom is 0.220 e. The Morgan fingerprint density at radius 1 is 1.38 bits per heavy atom. The Hall–Kier alpha value is -1.55. The topological polar surface area (TPSA) is 69.6 Å². The number of hydrogen-bond acceptors (Lipinski definition) is 3. The molecule has 0 aliphatic heterocycles. The lowest BCUT2D eigenvalue weighted by molar-refractivity contribution is -0.121. The van der Waals surface area contributed by atoms with Crippen LogP contribution in [0.4, 0.5) is 0 Å². The zero-order chi connectivity index (χ0) is 12.0. The first-order chi connectivity index (χ1) is 7.65. The number of benzene rings is 1. The molecule has 0 unspecified atom stereocenters. The summed E-state index contributed by atoms with van der Waals surface area (Å²) in [5, 5.41) is 21.0. The molecule has 0 aromatic heterocycles. The van der Waals surface area contributed by atoms with Gasteiger partial charge < -0.3 is 15.5 Å². The molecule has 1 aromatic carbocycles. The molecule has 0 saturated carbocycles. The van der Waals surface area contributed by atoms with Crippen molar-refractivity contribution >= 4 is 5.91 Å². The highest BCUT2D eigenvalue weighted by Gasteiger charge is 2.10. The van der Waals surface area contributed by atoms with Gasteiger partial charge in [-0.15, -0.1) is 0 Å². The second-order valence-electron chi connectivity index (χ2n) is 3.67. The fraction of sp³-hybridized carbons (Fsp3) is 0.417. The van der Waals surface area contributed by atoms with Gasteiger partial charge in [-0.2, -0.15) is 0 Å². The van der Waals surface area contributed by atoms with Gasteiger partial charge in [0.15, 0.2) is 0 Å². The molecule has 4 nitrogen and oxygen atoms in total. The summed E-state index contributed by atoms with van der Waals surface area (Å²) in [4.78, 5) is 11.2. The van der Waals surface area contributed by atoms with Crippen molar-refractivity contribution in [2.45, 2.75) is 25.8 Å². The highest BCUT2D eigenvalue weighted by molar-refractivity contribution is 5.75. The molecule has 1 atom stereocenters. The molecular formula is C12H17NO3. The average molecular weight is 223 g/mol. The number of aliphatic hydroxyl groups is 1. The van der Waals surface area contributed by atoms with Crippen LogP contribution in [0, 0.1) is 0 Å². The Labute approximate surface area is 94.9 Å². The molecule has 0 aliphatic carbocycles. The van der Waals surface area contributed by atoms with Crippen LogP contribution in [0.2, 0.25) is 0 Å². The zero-order valence-electron chi connectivity index (χ0n) is 9.31. The standard InChI is InChI=1S/C12H17NO3/c1-2-12(16)13-10(8-14)7-9-3-5-11(15)6-4-9/h3-6,10,14-15H,2,7-8H2,1H3,(H,13,16)/t10-/m0/s1. The highest BCUT2D eigenvalue weighted by atomic mass is 16.3. The molecule has 0 bridgehead atoms. The zero-order valence-corrected chi connectivity index (χ0v) is 9.31. The smallest absolute Gasteiger partial charge is 0.220 e. The van der Waals surface area contributed by atoms with Crippen molar-refractivity contribution in [2.75, 3.05) is 6.61 Å². The van der Waals surface area contributed by atoms with Gasteiger partial charge in [0.1, 0.15) is 5.75 Å². The van der Waals surface area contributed by atoms with Crippen molar-refractivity contribution in [3.8, 4) is 5.75 Å². The van der Waals surface area contributed by atoms with E-state index in [1.165, 1.54) is 0 Å². The highest BCUT2D eigenvalue weighted by Crippen LogP contribution is 2.11. The summed E-state index contributed by atoms with van der Waals surface area (Å²) in [6.45, 7) is 1.68. The van der Waals surface area contributed by atoms with Crippen LogP contribution in [-0.2, 0) is 11.2 Å². The molecule has 0 aliphatic rings. The van der Waals surface area contributed by atoms with Crippen molar-refractivity contribution in [3.05, 3.63) is 29.8 Å². The van der Waals surface area contributed by atoms with Crippen LogP contribution in [-0.4, -0.2) is 28.8 Å². The number of phenols is 1. The quantitative estimate of drug-likeness (QED) is 0.692. The molecular weight excluding hydrogens is 206 g/mol. The fourth-order valence-electron chi connectivity index (χ4n) is 1.41. The minimum Gasteiger partial charge on any atom is -0.508 e. The second kappa shape index (κ2) is 6.12. The molecule has 0 fully saturated rings. The molecule has 1 aromatic rings. The third kappa shape index (κ3) is 3.90. The predicted molar refractivity (Wildman–Crippen MR) is 61.1 cm³/mol. The summed E-state index contributed by atoms with van der Waals surface area (Å²) < 4.78 is 0. The van der Waals surface area contributed by atoms with Crippen LogP contribution >= 0.6 is 0 Å². The third-order valence-corrected chi connectivity index (χ3v) is 2.33. The van der Waals surface area contributed by atoms with E-state index in [2.05, 4.69) is 5.32 Å². The van der Waals surface area contributed by atoms with E-state index in [4.69, 9.17) is 10.2 Å². The molecule has 0 heterocycles. The first-order valence-corrected chi connectivity index (χ1v) is 5.33. The van der Waals surface area contributed by atoms with Crippen LogP contribution < -0.4 is 5.32 Å². The number of aliphatic hydroxyl groups excluding tert-OH is 1. The Morgan fingerprint density at radius 2 is 2.00 bits per heavy atom. The van der Waals surface area contributed by atoms with E-state index in [1.54, 1.807) is 31.2 Å². The minimum atomic E-state index is -0.267. The van der Waals surface area contributed by atoms with E-state index in [1.807, 2.05) is 0 Å². The fourth-order valence-corrected chi connectivity index (χ4v) is 1.41. The Kier molecular flexibility index (Phi) is 4.79. The van der Waals surface area contributed by atoms with E-state index >= 15 is 0 Å². The molecule has 88 valence electrons. The number of carbonyl (C=O) groups is 1. The molecule has 4 heteroatoms. The second-order valence-corrected chi connectivity index (χ2v) is 3.67. The van der Waals surface area contributed by atoms with Crippen molar-refractivity contribution in [1.82, 2.24) is 5.32 Å². The van der Waals surface area contributed by atoms with Gasteiger partial charge in [0, 0.05) is 6.42 Å². The first kappa shape index (κ1) is 12.5. The Bertz CT molecular complexity index is 335. The van der Waals surface area contributed by atoms with Crippen molar-refractivity contribution in [1.29, 1.82) is 0 Å². The van der Waals surface area contributed by atoms with Gasteiger partial charge in [0.25, 0.3) is 0 Å². The molecule has 1 amide bonds. The van der Waals surface area contributed by atoms with Gasteiger partial charge in [-0.25, -0.2) is 0 Å². The average Bonchev–Trinajstić information content (AvgIpc) is 2.30. The van der Waals surface area contributed by atoms with Crippen molar-refractivity contribution < 1.29 is 15.0 Å². The van der Waals surface area contributed by atoms with Gasteiger partial charge in [-0.3, -0.25) is 4.79 Å². The maximum atomic E-state index is 11.2. The summed E-state index contributed by atoms with van der Waals surface area (Å²) in [6, 6.07) is 6.46. The number of hydrogen-bond donors (Lipinski definition) is 3. The molecule has 1 rings (SSSR count). The summed E-state index contributed by atoms with van der Waals surface area (Å²) >= 11 is 0. The summed E-state index contributed by atoms with van der Waals surface area (Å²) in [5.74, 6) is 0.139. The van der Waals surface area contributed by atoms with E-state index in [0.717, 1.165) is 5.56 Å². The lowest BCUT2D eigenvalue weighted by Gasteiger charge is -2.15. The molecule has 0 saturated heterocycles. The van der Waals surface area contributed by atoms with Crippen LogP contribution in [0.5, 0.6) is 5.75 Å². The predicted octanol–water partition coefficient (Wildman–Crippen LogP) is 0.822. The SMILES string of the molecule is CCC(=O)N[C@H](CO)Cc1ccc(O)cc1. The van der Waals surface area contributed by atoms with Gasteiger partial charge >= 0.3 is 0 Å².